The molecular weight excluding hydrogens is 520 g/mol. The Morgan fingerprint density at radius 2 is 1.87 bits per heavy atom. The summed E-state index contributed by atoms with van der Waals surface area (Å²) in [6.07, 6.45) is -2.03. The van der Waals surface area contributed by atoms with Gasteiger partial charge in [-0.25, -0.2) is 9.37 Å². The van der Waals surface area contributed by atoms with Crippen LogP contribution in [-0.4, -0.2) is 28.1 Å². The predicted molar refractivity (Wildman–Crippen MR) is 135 cm³/mol. The molecule has 1 spiro atoms. The van der Waals surface area contributed by atoms with Crippen LogP contribution in [0.1, 0.15) is 36.1 Å². The predicted octanol–water partition coefficient (Wildman–Crippen LogP) is 5.79. The van der Waals surface area contributed by atoms with Gasteiger partial charge in [-0.2, -0.15) is 18.4 Å². The van der Waals surface area contributed by atoms with E-state index in [1.165, 1.54) is 29.2 Å². The highest BCUT2D eigenvalue weighted by Crippen LogP contribution is 2.50. The Labute approximate surface area is 221 Å². The zero-order valence-electron chi connectivity index (χ0n) is 19.8. The summed E-state index contributed by atoms with van der Waals surface area (Å²) in [6, 6.07) is 16.0. The molecule has 6 nitrogen and oxygen atoms in total. The van der Waals surface area contributed by atoms with Gasteiger partial charge in [-0.3, -0.25) is 9.69 Å². The average Bonchev–Trinajstić information content (AvgIpc) is 3.11. The fraction of sp³-hybridized carbons (Fsp3) is 0.259. The molecule has 38 heavy (non-hydrogen) atoms. The lowest BCUT2D eigenvalue weighted by atomic mass is 9.75. The summed E-state index contributed by atoms with van der Waals surface area (Å²) < 4.78 is 62.3. The van der Waals surface area contributed by atoms with E-state index in [0.717, 1.165) is 22.7 Å². The number of carbonyl (C=O) groups is 1. The molecule has 11 heteroatoms. The van der Waals surface area contributed by atoms with E-state index in [4.69, 9.17) is 17.0 Å². The minimum absolute atomic E-state index is 0.0618. The van der Waals surface area contributed by atoms with E-state index in [0.29, 0.717) is 31.4 Å². The van der Waals surface area contributed by atoms with Crippen LogP contribution in [-0.2, 0) is 17.4 Å². The van der Waals surface area contributed by atoms with E-state index >= 15 is 0 Å². The molecule has 1 saturated carbocycles. The number of ether oxygens (including phenoxy) is 1. The van der Waals surface area contributed by atoms with E-state index in [1.54, 1.807) is 0 Å². The van der Waals surface area contributed by atoms with Crippen molar-refractivity contribution in [3.63, 3.8) is 0 Å². The van der Waals surface area contributed by atoms with Crippen molar-refractivity contribution in [2.45, 2.75) is 37.4 Å². The third-order valence-corrected chi connectivity index (χ3v) is 7.18. The van der Waals surface area contributed by atoms with Crippen LogP contribution in [0.5, 0.6) is 5.75 Å². The van der Waals surface area contributed by atoms with Gasteiger partial charge in [-0.05, 0) is 55.2 Å². The van der Waals surface area contributed by atoms with Gasteiger partial charge >= 0.3 is 6.18 Å². The maximum atomic E-state index is 14.6. The Bertz CT molecular complexity index is 1450. The lowest BCUT2D eigenvalue weighted by Gasteiger charge is -2.43. The Balaban J connectivity index is 1.50. The maximum absolute atomic E-state index is 14.6. The van der Waals surface area contributed by atoms with Crippen LogP contribution in [0.2, 0.25) is 0 Å². The van der Waals surface area contributed by atoms with Crippen molar-refractivity contribution in [3.8, 4) is 11.8 Å². The van der Waals surface area contributed by atoms with Gasteiger partial charge in [0.2, 0.25) is 0 Å². The van der Waals surface area contributed by atoms with Crippen molar-refractivity contribution in [2.24, 2.45) is 0 Å². The fourth-order valence-electron chi connectivity index (χ4n) is 4.86. The Morgan fingerprint density at radius 1 is 1.13 bits per heavy atom. The van der Waals surface area contributed by atoms with Crippen LogP contribution in [0, 0.1) is 17.1 Å². The molecule has 1 aliphatic carbocycles. The second-order valence-corrected chi connectivity index (χ2v) is 9.37. The normalized spacial score (nSPS) is 16.5. The van der Waals surface area contributed by atoms with Crippen molar-refractivity contribution in [2.75, 3.05) is 16.4 Å². The summed E-state index contributed by atoms with van der Waals surface area (Å²) in [6.45, 7) is 0.188. The first-order valence-corrected chi connectivity index (χ1v) is 12.2. The van der Waals surface area contributed by atoms with Crippen molar-refractivity contribution in [3.05, 3.63) is 83.4 Å². The molecule has 0 N–H and O–H groups in total. The summed E-state index contributed by atoms with van der Waals surface area (Å²) in [4.78, 5) is 19.5. The van der Waals surface area contributed by atoms with Crippen molar-refractivity contribution in [1.82, 2.24) is 4.98 Å². The number of alkyl halides is 3. The first-order chi connectivity index (χ1) is 18.2. The van der Waals surface area contributed by atoms with Crippen LogP contribution in [0.15, 0.2) is 60.8 Å². The highest BCUT2D eigenvalue weighted by molar-refractivity contribution is 7.81. The number of hydrogen-bond donors (Lipinski definition) is 0. The minimum Gasteiger partial charge on any atom is -0.490 e. The third-order valence-electron chi connectivity index (χ3n) is 6.82. The average molecular weight is 541 g/mol. The summed E-state index contributed by atoms with van der Waals surface area (Å²) in [5, 5.41) is 9.07. The third kappa shape index (κ3) is 4.24. The second-order valence-electron chi connectivity index (χ2n) is 9.01. The molecule has 5 rings (SSSR count). The molecule has 1 aliphatic heterocycles. The molecule has 2 aliphatic rings. The van der Waals surface area contributed by atoms with E-state index in [9.17, 15) is 27.6 Å². The van der Waals surface area contributed by atoms with Gasteiger partial charge in [0.05, 0.1) is 12.3 Å². The van der Waals surface area contributed by atoms with Crippen LogP contribution in [0.4, 0.5) is 28.9 Å². The quantitative estimate of drug-likeness (QED) is 0.291. The molecule has 0 radical (unpaired) electrons. The van der Waals surface area contributed by atoms with Crippen molar-refractivity contribution >= 4 is 34.6 Å². The molecule has 2 aromatic carbocycles. The first kappa shape index (κ1) is 25.6. The Kier molecular flexibility index (Phi) is 6.53. The van der Waals surface area contributed by atoms with Crippen LogP contribution < -0.4 is 14.5 Å². The molecule has 3 aromatic rings. The van der Waals surface area contributed by atoms with Gasteiger partial charge < -0.3 is 9.64 Å². The zero-order valence-corrected chi connectivity index (χ0v) is 20.7. The number of rotatable bonds is 6. The Morgan fingerprint density at radius 3 is 2.50 bits per heavy atom. The molecule has 1 saturated heterocycles. The number of aromatic nitrogens is 1. The highest BCUT2D eigenvalue weighted by atomic mass is 32.1. The van der Waals surface area contributed by atoms with Gasteiger partial charge in [-0.1, -0.05) is 30.3 Å². The summed E-state index contributed by atoms with van der Waals surface area (Å²) in [5.41, 5.74) is -2.64. The van der Waals surface area contributed by atoms with Crippen molar-refractivity contribution in [1.29, 1.82) is 5.26 Å². The topological polar surface area (TPSA) is 69.5 Å². The standard InChI is InChI=1S/C27H20F4N4O2S/c28-19-8-7-18(15-22(19)37-14-10-17-5-2-1-3-6-17)35-25(38)34(24(36)26(35)11-4-12-26)21-9-13-33-20(16-32)23(21)27(29,30)31/h1-3,5-9,13,15H,4,10-12,14H2. The van der Waals surface area contributed by atoms with E-state index in [-0.39, 0.29) is 17.5 Å². The fourth-order valence-corrected chi connectivity index (χ4v) is 5.32. The Hall–Kier alpha value is -4.04. The second kappa shape index (κ2) is 9.68. The highest BCUT2D eigenvalue weighted by Gasteiger charge is 2.60. The number of benzene rings is 2. The lowest BCUT2D eigenvalue weighted by Crippen LogP contribution is -2.55. The molecular formula is C27H20F4N4O2S. The number of nitrogens with zero attached hydrogens (tertiary/aromatic N) is 4. The maximum Gasteiger partial charge on any atom is 0.421 e. The van der Waals surface area contributed by atoms with Gasteiger partial charge in [0, 0.05) is 24.4 Å². The summed E-state index contributed by atoms with van der Waals surface area (Å²) >= 11 is 5.57. The van der Waals surface area contributed by atoms with E-state index in [1.807, 2.05) is 30.3 Å². The lowest BCUT2D eigenvalue weighted by molar-refractivity contribution is -0.137. The molecule has 2 fully saturated rings. The smallest absolute Gasteiger partial charge is 0.421 e. The molecule has 1 amide bonds. The SMILES string of the molecule is N#Cc1nccc(N2C(=O)C3(CCC3)N(c3ccc(F)c(OCCc4ccccc4)c3)C2=S)c1C(F)(F)F. The number of carbonyl (C=O) groups excluding carboxylic acids is 1. The number of thiocarbonyl (C=S) groups is 1. The summed E-state index contributed by atoms with van der Waals surface area (Å²) in [7, 11) is 0. The monoisotopic (exact) mass is 540 g/mol. The van der Waals surface area contributed by atoms with Gasteiger partial charge in [0.1, 0.15) is 17.2 Å². The van der Waals surface area contributed by atoms with Crippen LogP contribution in [0.3, 0.4) is 0 Å². The van der Waals surface area contributed by atoms with Crippen LogP contribution >= 0.6 is 12.2 Å². The molecule has 1 aromatic heterocycles. The molecule has 0 unspecified atom stereocenters. The largest absolute Gasteiger partial charge is 0.490 e. The molecule has 194 valence electrons. The zero-order chi connectivity index (χ0) is 27.1. The van der Waals surface area contributed by atoms with Gasteiger partial charge in [0.25, 0.3) is 5.91 Å². The minimum atomic E-state index is -4.96. The summed E-state index contributed by atoms with van der Waals surface area (Å²) in [5.74, 6) is -1.32. The van der Waals surface area contributed by atoms with Gasteiger partial charge in [-0.15, -0.1) is 0 Å². The number of anilines is 2. The van der Waals surface area contributed by atoms with E-state index < -0.39 is 40.4 Å². The number of halogens is 4. The van der Waals surface area contributed by atoms with Crippen LogP contribution in [0.25, 0.3) is 0 Å². The first-order valence-electron chi connectivity index (χ1n) is 11.8. The van der Waals surface area contributed by atoms with E-state index in [2.05, 4.69) is 4.98 Å². The molecule has 0 bridgehead atoms. The number of nitriles is 1. The molecule has 2 heterocycles. The number of pyridine rings is 1. The van der Waals surface area contributed by atoms with Gasteiger partial charge in [0.15, 0.2) is 22.4 Å². The molecule has 0 atom stereocenters. The number of amides is 1. The number of hydrogen-bond acceptors (Lipinski definition) is 5. The van der Waals surface area contributed by atoms with Crippen molar-refractivity contribution < 1.29 is 27.1 Å².